The number of methoxy groups -OCH3 is 1. The van der Waals surface area contributed by atoms with Crippen molar-refractivity contribution in [1.82, 2.24) is 4.98 Å². The van der Waals surface area contributed by atoms with Crippen molar-refractivity contribution < 1.29 is 19.4 Å². The largest absolute Gasteiger partial charge is 0.489 e. The van der Waals surface area contributed by atoms with Gasteiger partial charge in [0.1, 0.15) is 5.75 Å². The van der Waals surface area contributed by atoms with Gasteiger partial charge in [-0.3, -0.25) is 4.90 Å². The number of aromatic nitrogens is 1. The molecule has 2 aromatic rings. The molecule has 1 atom stereocenters. The molecule has 1 saturated carbocycles. The molecule has 0 spiro atoms. The molecule has 1 N–H and O–H groups in total. The Hall–Kier alpha value is -2.32. The number of amides is 1. The zero-order valence-corrected chi connectivity index (χ0v) is 18.2. The van der Waals surface area contributed by atoms with E-state index in [9.17, 15) is 9.90 Å². The fourth-order valence-corrected chi connectivity index (χ4v) is 5.16. The van der Waals surface area contributed by atoms with Crippen LogP contribution in [0.15, 0.2) is 17.5 Å². The van der Waals surface area contributed by atoms with E-state index in [1.54, 1.807) is 16.2 Å². The van der Waals surface area contributed by atoms with Crippen LogP contribution in [0.25, 0.3) is 11.3 Å². The summed E-state index contributed by atoms with van der Waals surface area (Å²) in [4.78, 5) is 21.1. The molecule has 5 rings (SSSR count). The first-order chi connectivity index (χ1) is 14.5. The van der Waals surface area contributed by atoms with E-state index < -0.39 is 0 Å². The average Bonchev–Trinajstić information content (AvgIpc) is 3.16. The highest BCUT2D eigenvalue weighted by atomic mass is 32.1. The van der Waals surface area contributed by atoms with Crippen LogP contribution in [0, 0.1) is 0 Å². The number of hydrogen-bond acceptors (Lipinski definition) is 7. The molecule has 1 aromatic heterocycles. The highest BCUT2D eigenvalue weighted by Crippen LogP contribution is 2.45. The van der Waals surface area contributed by atoms with Crippen LogP contribution in [-0.2, 0) is 11.2 Å². The summed E-state index contributed by atoms with van der Waals surface area (Å²) in [6.07, 6.45) is 4.67. The summed E-state index contributed by atoms with van der Waals surface area (Å²) in [5.41, 5.74) is 3.80. The summed E-state index contributed by atoms with van der Waals surface area (Å²) in [7, 11) is 1.42. The quantitative estimate of drug-likeness (QED) is 0.796. The van der Waals surface area contributed by atoms with Gasteiger partial charge in [0.15, 0.2) is 5.13 Å². The van der Waals surface area contributed by atoms with Crippen LogP contribution >= 0.6 is 11.3 Å². The van der Waals surface area contributed by atoms with Crippen molar-refractivity contribution in [1.29, 1.82) is 0 Å². The van der Waals surface area contributed by atoms with Crippen molar-refractivity contribution in [3.05, 3.63) is 23.1 Å². The highest BCUT2D eigenvalue weighted by Gasteiger charge is 2.34. The lowest BCUT2D eigenvalue weighted by atomic mass is 9.92. The van der Waals surface area contributed by atoms with Gasteiger partial charge < -0.3 is 19.5 Å². The van der Waals surface area contributed by atoms with Gasteiger partial charge in [-0.2, -0.15) is 0 Å². The average molecular weight is 430 g/mol. The maximum absolute atomic E-state index is 12.5. The molecule has 160 valence electrons. The monoisotopic (exact) mass is 429 g/mol. The summed E-state index contributed by atoms with van der Waals surface area (Å²) in [5, 5.41) is 12.6. The van der Waals surface area contributed by atoms with E-state index in [1.165, 1.54) is 13.5 Å². The van der Waals surface area contributed by atoms with Gasteiger partial charge in [0.2, 0.25) is 0 Å². The molecule has 1 unspecified atom stereocenters. The molecule has 0 bridgehead atoms. The predicted molar refractivity (Wildman–Crippen MR) is 117 cm³/mol. The van der Waals surface area contributed by atoms with Crippen LogP contribution in [-0.4, -0.2) is 54.6 Å². The number of aliphatic hydroxyl groups is 1. The molecule has 1 saturated heterocycles. The Balaban J connectivity index is 1.55. The molecule has 7 nitrogen and oxygen atoms in total. The molecule has 30 heavy (non-hydrogen) atoms. The SMILES string of the molecule is COC(=O)N1c2ccc(-c3csc(N4CC(O)C4)n3)c(OC3CCC3)c2CCC1C. The first-order valence-corrected chi connectivity index (χ1v) is 11.5. The molecule has 1 amide bonds. The Morgan fingerprint density at radius 3 is 2.73 bits per heavy atom. The van der Waals surface area contributed by atoms with Gasteiger partial charge in [-0.05, 0) is 51.2 Å². The maximum Gasteiger partial charge on any atom is 0.414 e. The summed E-state index contributed by atoms with van der Waals surface area (Å²) in [6, 6.07) is 4.10. The van der Waals surface area contributed by atoms with Crippen molar-refractivity contribution in [2.24, 2.45) is 0 Å². The van der Waals surface area contributed by atoms with Crippen molar-refractivity contribution in [3.8, 4) is 17.0 Å². The standard InChI is InChI=1S/C22H27N3O4S/c1-13-6-7-17-19(25(13)22(27)28-2)9-8-16(20(17)29-15-4-3-5-15)18-12-30-21(23-18)24-10-14(26)11-24/h8-9,12-15,26H,3-7,10-11H2,1-2H3. The third-order valence-electron chi connectivity index (χ3n) is 6.36. The maximum atomic E-state index is 12.5. The molecule has 0 radical (unpaired) electrons. The van der Waals surface area contributed by atoms with E-state index in [0.29, 0.717) is 13.1 Å². The summed E-state index contributed by atoms with van der Waals surface area (Å²) in [5.74, 6) is 0.860. The van der Waals surface area contributed by atoms with Gasteiger partial charge in [-0.1, -0.05) is 0 Å². The fraction of sp³-hybridized carbons (Fsp3) is 0.545. The number of anilines is 2. The number of thiazole rings is 1. The Bertz CT molecular complexity index is 952. The van der Waals surface area contributed by atoms with Gasteiger partial charge in [0.05, 0.1) is 30.7 Å². The number of ether oxygens (including phenoxy) is 2. The second-order valence-electron chi connectivity index (χ2n) is 8.41. The zero-order valence-electron chi connectivity index (χ0n) is 17.3. The molecular weight excluding hydrogens is 402 g/mol. The van der Waals surface area contributed by atoms with E-state index in [2.05, 4.69) is 17.2 Å². The third-order valence-corrected chi connectivity index (χ3v) is 7.26. The summed E-state index contributed by atoms with van der Waals surface area (Å²) in [6.45, 7) is 3.32. The van der Waals surface area contributed by atoms with Crippen molar-refractivity contribution in [2.75, 3.05) is 30.0 Å². The van der Waals surface area contributed by atoms with E-state index in [0.717, 1.165) is 59.1 Å². The van der Waals surface area contributed by atoms with Crippen LogP contribution in [0.2, 0.25) is 0 Å². The van der Waals surface area contributed by atoms with Crippen molar-refractivity contribution in [3.63, 3.8) is 0 Å². The summed E-state index contributed by atoms with van der Waals surface area (Å²) < 4.78 is 11.5. The first kappa shape index (κ1) is 19.6. The van der Waals surface area contributed by atoms with Crippen LogP contribution < -0.4 is 14.5 Å². The lowest BCUT2D eigenvalue weighted by molar-refractivity contribution is 0.119. The number of rotatable bonds is 4. The number of nitrogens with zero attached hydrogens (tertiary/aromatic N) is 3. The van der Waals surface area contributed by atoms with Crippen molar-refractivity contribution >= 4 is 28.2 Å². The smallest absolute Gasteiger partial charge is 0.414 e. The fourth-order valence-electron chi connectivity index (χ4n) is 4.32. The topological polar surface area (TPSA) is 75.1 Å². The number of β-amino-alcohol motifs (C(OH)–C–C–N with tert-alkyl or cyclic N) is 1. The predicted octanol–water partition coefficient (Wildman–Crippen LogP) is 3.83. The second-order valence-corrected chi connectivity index (χ2v) is 9.25. The Morgan fingerprint density at radius 1 is 1.27 bits per heavy atom. The Morgan fingerprint density at radius 2 is 2.07 bits per heavy atom. The van der Waals surface area contributed by atoms with E-state index in [4.69, 9.17) is 14.5 Å². The lowest BCUT2D eigenvalue weighted by Crippen LogP contribution is -2.50. The molecule has 2 aliphatic heterocycles. The van der Waals surface area contributed by atoms with Gasteiger partial charge in [0.25, 0.3) is 0 Å². The molecule has 1 aliphatic carbocycles. The van der Waals surface area contributed by atoms with Crippen molar-refractivity contribution in [2.45, 2.75) is 57.3 Å². The minimum absolute atomic E-state index is 0.0797. The third kappa shape index (κ3) is 3.32. The number of fused-ring (bicyclic) bond motifs is 1. The van der Waals surface area contributed by atoms with E-state index >= 15 is 0 Å². The van der Waals surface area contributed by atoms with E-state index in [1.807, 2.05) is 12.1 Å². The summed E-state index contributed by atoms with van der Waals surface area (Å²) >= 11 is 1.59. The van der Waals surface area contributed by atoms with Crippen LogP contribution in [0.1, 0.15) is 38.2 Å². The molecule has 8 heteroatoms. The Kier molecular flexibility index (Phi) is 5.06. The number of carbonyl (C=O) groups is 1. The first-order valence-electron chi connectivity index (χ1n) is 10.6. The number of aliphatic hydroxyl groups excluding tert-OH is 1. The zero-order chi connectivity index (χ0) is 20.8. The molecule has 3 heterocycles. The van der Waals surface area contributed by atoms with Crippen LogP contribution in [0.5, 0.6) is 5.75 Å². The number of benzene rings is 1. The number of carbonyl (C=O) groups excluding carboxylic acids is 1. The highest BCUT2D eigenvalue weighted by molar-refractivity contribution is 7.14. The Labute approximate surface area is 180 Å². The molecule has 3 aliphatic rings. The second kappa shape index (κ2) is 7.74. The lowest BCUT2D eigenvalue weighted by Gasteiger charge is -2.37. The van der Waals surface area contributed by atoms with E-state index in [-0.39, 0.29) is 24.3 Å². The van der Waals surface area contributed by atoms with Gasteiger partial charge in [0, 0.05) is 35.6 Å². The van der Waals surface area contributed by atoms with Gasteiger partial charge in [-0.15, -0.1) is 11.3 Å². The van der Waals surface area contributed by atoms with Crippen LogP contribution in [0.3, 0.4) is 0 Å². The van der Waals surface area contributed by atoms with Crippen LogP contribution in [0.4, 0.5) is 15.6 Å². The normalized spacial score (nSPS) is 21.6. The van der Waals surface area contributed by atoms with Gasteiger partial charge in [-0.25, -0.2) is 9.78 Å². The van der Waals surface area contributed by atoms with Gasteiger partial charge >= 0.3 is 6.09 Å². The minimum atomic E-state index is -0.335. The molecular formula is C22H27N3O4S. The molecule has 2 fully saturated rings. The minimum Gasteiger partial charge on any atom is -0.489 e. The number of hydrogen-bond donors (Lipinski definition) is 1. The molecule has 1 aromatic carbocycles.